The minimum absolute atomic E-state index is 0.00826. The highest BCUT2D eigenvalue weighted by Gasteiger charge is 2.46. The average molecular weight is 850 g/mol. The van der Waals surface area contributed by atoms with Crippen LogP contribution in [0.3, 0.4) is 0 Å². The number of nitrogens with one attached hydrogen (secondary N) is 1. The molecule has 1 aliphatic carbocycles. The maximum atomic E-state index is 15.8. The Morgan fingerprint density at radius 1 is 0.898 bits per heavy atom. The summed E-state index contributed by atoms with van der Waals surface area (Å²) >= 11 is 12.3. The fraction of sp³-hybridized carbons (Fsp3) is 0.429. The van der Waals surface area contributed by atoms with Crippen LogP contribution in [0.4, 0.5) is 20.3 Å². The molecule has 0 spiro atoms. The van der Waals surface area contributed by atoms with Gasteiger partial charge in [0.25, 0.3) is 11.8 Å². The van der Waals surface area contributed by atoms with Crippen LogP contribution in [-0.2, 0) is 16.0 Å². The minimum atomic E-state index is -1.11. The van der Waals surface area contributed by atoms with E-state index in [0.29, 0.717) is 35.3 Å². The summed E-state index contributed by atoms with van der Waals surface area (Å²) in [6, 6.07) is 6.02. The molecule has 0 bridgehead atoms. The molecule has 0 radical (unpaired) electrons. The largest absolute Gasteiger partial charge is 0.489 e. The summed E-state index contributed by atoms with van der Waals surface area (Å²) in [7, 11) is 0. The monoisotopic (exact) mass is 848 g/mol. The number of aromatic nitrogens is 3. The van der Waals surface area contributed by atoms with Gasteiger partial charge in [0.1, 0.15) is 17.7 Å². The zero-order valence-electron chi connectivity index (χ0n) is 32.6. The van der Waals surface area contributed by atoms with E-state index < -0.39 is 41.3 Å². The van der Waals surface area contributed by atoms with Crippen molar-refractivity contribution in [3.05, 3.63) is 87.3 Å². The van der Waals surface area contributed by atoms with Crippen LogP contribution in [-0.4, -0.2) is 92.6 Å². The number of imide groups is 2. The van der Waals surface area contributed by atoms with Gasteiger partial charge in [-0.25, -0.2) is 13.8 Å². The van der Waals surface area contributed by atoms with Crippen molar-refractivity contribution in [2.24, 2.45) is 5.92 Å². The molecule has 8 rings (SSSR count). The topological polar surface area (TPSA) is 156 Å². The second-order valence-electron chi connectivity index (χ2n) is 16.0. The molecule has 5 heterocycles. The molecule has 3 aliphatic heterocycles. The lowest BCUT2D eigenvalue weighted by Gasteiger charge is -2.47. The van der Waals surface area contributed by atoms with Gasteiger partial charge in [0.15, 0.2) is 11.6 Å². The SMILES string of the molecule is C[C@@H]1CN(CC2CCC(n3cc(-c4cnc(N)c(OCCc5c(Cl)ccc(F)c5Cl)c4)cn3)CC2)C[C@@H](C)N1c1cc2c(cc1F)C(=O)N([C@@H]1CCC(=O)NC1=O)C2=O. The van der Waals surface area contributed by atoms with Crippen LogP contribution in [0, 0.1) is 17.6 Å². The number of nitrogens with zero attached hydrogens (tertiary/aromatic N) is 6. The Kier molecular flexibility index (Phi) is 11.4. The van der Waals surface area contributed by atoms with Crippen LogP contribution in [0.25, 0.3) is 11.1 Å². The molecule has 1 saturated carbocycles. The average Bonchev–Trinajstić information content (AvgIpc) is 3.78. The summed E-state index contributed by atoms with van der Waals surface area (Å²) in [4.78, 5) is 60.5. The molecule has 3 atom stereocenters. The lowest BCUT2D eigenvalue weighted by Crippen LogP contribution is -2.58. The zero-order valence-corrected chi connectivity index (χ0v) is 34.1. The molecule has 4 aliphatic rings. The van der Waals surface area contributed by atoms with Crippen molar-refractivity contribution < 1.29 is 32.7 Å². The van der Waals surface area contributed by atoms with E-state index in [4.69, 9.17) is 38.8 Å². The molecular weight excluding hydrogens is 805 g/mol. The molecule has 310 valence electrons. The number of ether oxygens (including phenoxy) is 1. The van der Waals surface area contributed by atoms with Crippen molar-refractivity contribution in [1.82, 2.24) is 29.9 Å². The highest BCUT2D eigenvalue weighted by atomic mass is 35.5. The smallest absolute Gasteiger partial charge is 0.262 e. The number of halogens is 4. The van der Waals surface area contributed by atoms with Crippen LogP contribution in [0.1, 0.15) is 84.7 Å². The number of hydrogen-bond donors (Lipinski definition) is 2. The molecule has 3 fully saturated rings. The van der Waals surface area contributed by atoms with Crippen molar-refractivity contribution >= 4 is 58.3 Å². The van der Waals surface area contributed by atoms with Crippen molar-refractivity contribution in [2.75, 3.05) is 36.9 Å². The third kappa shape index (κ3) is 7.99. The van der Waals surface area contributed by atoms with Crippen LogP contribution in [0.15, 0.2) is 48.9 Å². The van der Waals surface area contributed by atoms with Gasteiger partial charge in [-0.2, -0.15) is 5.10 Å². The number of pyridine rings is 1. The number of piperazine rings is 1. The summed E-state index contributed by atoms with van der Waals surface area (Å²) in [6.07, 6.45) is 9.84. The predicted molar refractivity (Wildman–Crippen MR) is 217 cm³/mol. The van der Waals surface area contributed by atoms with Gasteiger partial charge in [-0.3, -0.25) is 39.0 Å². The third-order valence-electron chi connectivity index (χ3n) is 12.1. The Morgan fingerprint density at radius 3 is 2.32 bits per heavy atom. The third-order valence-corrected chi connectivity index (χ3v) is 12.8. The van der Waals surface area contributed by atoms with Gasteiger partial charge >= 0.3 is 0 Å². The first-order valence-electron chi connectivity index (χ1n) is 19.9. The van der Waals surface area contributed by atoms with Crippen molar-refractivity contribution in [3.8, 4) is 16.9 Å². The number of carbonyl (C=O) groups excluding carboxylic acids is 4. The standard InChI is InChI=1S/C42H44Cl2F2N8O5/c1-22-18-51(19-23(2)53(22)35-15-30-29(14-33(35)46)41(57)54(42(30)58)34-9-10-37(55)50-40(34)56)20-24-3-5-27(6-4-24)52-21-26(17-49-52)25-13-36(39(47)48-16-25)59-12-11-28-31(43)7-8-32(45)38(28)44/h7-8,13-17,21-24,27,34H,3-6,9-12,18-20H2,1-2H3,(H2,47,48)(H,50,55,56)/t22-,23-,24?,27?,34-/m1/s1. The van der Waals surface area contributed by atoms with Crippen molar-refractivity contribution in [3.63, 3.8) is 0 Å². The summed E-state index contributed by atoms with van der Waals surface area (Å²) in [5.74, 6) is -2.58. The Hall–Kier alpha value is -5.12. The Bertz CT molecular complexity index is 2320. The number of hydrogen-bond acceptors (Lipinski definition) is 10. The Labute approximate surface area is 349 Å². The van der Waals surface area contributed by atoms with E-state index in [2.05, 4.69) is 15.2 Å². The molecule has 17 heteroatoms. The van der Waals surface area contributed by atoms with Gasteiger partial charge in [-0.05, 0) is 87.8 Å². The van der Waals surface area contributed by atoms with Crippen LogP contribution >= 0.6 is 23.2 Å². The zero-order chi connectivity index (χ0) is 41.7. The fourth-order valence-electron chi connectivity index (χ4n) is 9.17. The first-order valence-corrected chi connectivity index (χ1v) is 20.6. The number of carbonyl (C=O) groups is 4. The summed E-state index contributed by atoms with van der Waals surface area (Å²) < 4.78 is 37.7. The van der Waals surface area contributed by atoms with Crippen LogP contribution in [0.2, 0.25) is 10.0 Å². The highest BCUT2D eigenvalue weighted by molar-refractivity contribution is 6.36. The lowest BCUT2D eigenvalue weighted by atomic mass is 9.85. The maximum Gasteiger partial charge on any atom is 0.262 e. The maximum absolute atomic E-state index is 15.8. The fourth-order valence-corrected chi connectivity index (χ4v) is 9.73. The quantitative estimate of drug-likeness (QED) is 0.134. The molecule has 0 unspecified atom stereocenters. The number of nitrogens with two attached hydrogens (primary N) is 1. The molecule has 2 aromatic heterocycles. The second-order valence-corrected chi connectivity index (χ2v) is 16.8. The molecule has 13 nitrogen and oxygen atoms in total. The number of piperidine rings is 1. The molecule has 4 amide bonds. The van der Waals surface area contributed by atoms with Gasteiger partial charge in [-0.1, -0.05) is 23.2 Å². The van der Waals surface area contributed by atoms with E-state index in [1.54, 1.807) is 6.20 Å². The Morgan fingerprint density at radius 2 is 1.61 bits per heavy atom. The van der Waals surface area contributed by atoms with Gasteiger partial charge in [0, 0.05) is 73.1 Å². The number of rotatable bonds is 10. The van der Waals surface area contributed by atoms with E-state index >= 15 is 4.39 Å². The van der Waals surface area contributed by atoms with E-state index in [-0.39, 0.29) is 71.6 Å². The first kappa shape index (κ1) is 40.7. The van der Waals surface area contributed by atoms with E-state index in [9.17, 15) is 23.6 Å². The van der Waals surface area contributed by atoms with E-state index in [1.165, 1.54) is 18.2 Å². The Balaban J connectivity index is 0.849. The molecule has 59 heavy (non-hydrogen) atoms. The number of fused-ring (bicyclic) bond motifs is 1. The van der Waals surface area contributed by atoms with E-state index in [1.807, 2.05) is 41.9 Å². The first-order chi connectivity index (χ1) is 28.3. The number of nitrogen functional groups attached to an aromatic ring is 1. The predicted octanol–water partition coefficient (Wildman–Crippen LogP) is 6.47. The van der Waals surface area contributed by atoms with Crippen LogP contribution < -0.4 is 20.7 Å². The number of anilines is 2. The summed E-state index contributed by atoms with van der Waals surface area (Å²) in [5, 5.41) is 7.22. The lowest BCUT2D eigenvalue weighted by molar-refractivity contribution is -0.136. The van der Waals surface area contributed by atoms with Gasteiger partial charge in [0.2, 0.25) is 11.8 Å². The molecule has 4 aromatic rings. The van der Waals surface area contributed by atoms with Gasteiger partial charge < -0.3 is 15.4 Å². The van der Waals surface area contributed by atoms with Crippen molar-refractivity contribution in [2.45, 2.75) is 83.0 Å². The molecular formula is C42H44Cl2F2N8O5. The van der Waals surface area contributed by atoms with Gasteiger partial charge in [-0.15, -0.1) is 0 Å². The molecule has 2 saturated heterocycles. The summed E-state index contributed by atoms with van der Waals surface area (Å²) in [5.41, 5.74) is 8.50. The summed E-state index contributed by atoms with van der Waals surface area (Å²) in [6.45, 7) is 6.56. The minimum Gasteiger partial charge on any atom is -0.489 e. The normalized spacial score (nSPS) is 23.8. The van der Waals surface area contributed by atoms with Gasteiger partial charge in [0.05, 0.1) is 40.7 Å². The van der Waals surface area contributed by atoms with Crippen molar-refractivity contribution in [1.29, 1.82) is 0 Å². The second kappa shape index (κ2) is 16.5. The number of amides is 4. The molecule has 2 aromatic carbocycles. The number of benzene rings is 2. The van der Waals surface area contributed by atoms with E-state index in [0.717, 1.165) is 54.3 Å². The van der Waals surface area contributed by atoms with Crippen LogP contribution in [0.5, 0.6) is 5.75 Å². The molecule has 3 N–H and O–H groups in total. The highest BCUT2D eigenvalue weighted by Crippen LogP contribution is 2.38.